The Morgan fingerprint density at radius 1 is 1.19 bits per heavy atom. The van der Waals surface area contributed by atoms with Crippen LogP contribution in [0.1, 0.15) is 30.1 Å². The molecule has 0 spiro atoms. The Balaban J connectivity index is 1.80. The topological polar surface area (TPSA) is 52.7 Å². The highest BCUT2D eigenvalue weighted by atomic mass is 16.2. The Kier molecular flexibility index (Phi) is 5.33. The number of carbonyl (C=O) groups excluding carboxylic acids is 2. The van der Waals surface area contributed by atoms with Crippen molar-refractivity contribution in [1.29, 1.82) is 0 Å². The maximum atomic E-state index is 12.1. The first-order valence-corrected chi connectivity index (χ1v) is 7.42. The normalized spacial score (nSPS) is 15.0. The van der Waals surface area contributed by atoms with E-state index in [0.29, 0.717) is 11.3 Å². The molecule has 0 unspecified atom stereocenters. The fraction of sp³-hybridized carbons (Fsp3) is 0.500. The van der Waals surface area contributed by atoms with E-state index >= 15 is 0 Å². The first kappa shape index (κ1) is 15.5. The van der Waals surface area contributed by atoms with E-state index in [1.807, 2.05) is 0 Å². The lowest BCUT2D eigenvalue weighted by Gasteiger charge is -2.21. The number of hydrogen-bond donors (Lipinski definition) is 1. The van der Waals surface area contributed by atoms with Gasteiger partial charge in [-0.15, -0.1) is 0 Å². The summed E-state index contributed by atoms with van der Waals surface area (Å²) in [5.74, 6) is 0.0237. The van der Waals surface area contributed by atoms with Crippen LogP contribution in [-0.4, -0.2) is 54.8 Å². The summed E-state index contributed by atoms with van der Waals surface area (Å²) in [6.45, 7) is 5.45. The predicted octanol–water partition coefficient (Wildman–Crippen LogP) is 2.45. The molecule has 2 amide bonds. The van der Waals surface area contributed by atoms with Crippen LogP contribution in [0.15, 0.2) is 24.3 Å². The lowest BCUT2D eigenvalue weighted by atomic mass is 10.1. The van der Waals surface area contributed by atoms with Crippen molar-refractivity contribution < 1.29 is 9.59 Å². The molecule has 1 aromatic carbocycles. The number of nitrogens with one attached hydrogen (secondary N) is 1. The molecule has 1 heterocycles. The van der Waals surface area contributed by atoms with Crippen LogP contribution < -0.4 is 5.32 Å². The zero-order chi connectivity index (χ0) is 15.2. The van der Waals surface area contributed by atoms with Crippen molar-refractivity contribution in [3.63, 3.8) is 0 Å². The molecular weight excluding hydrogens is 266 g/mol. The van der Waals surface area contributed by atoms with E-state index < -0.39 is 0 Å². The number of likely N-dealkylation sites (tertiary alicyclic amines) is 1. The second-order valence-corrected chi connectivity index (χ2v) is 5.53. The van der Waals surface area contributed by atoms with Crippen molar-refractivity contribution in [3.05, 3.63) is 29.8 Å². The van der Waals surface area contributed by atoms with Crippen LogP contribution in [0.25, 0.3) is 0 Å². The summed E-state index contributed by atoms with van der Waals surface area (Å²) in [7, 11) is 1.80. The zero-order valence-electron chi connectivity index (χ0n) is 12.8. The Morgan fingerprint density at radius 2 is 1.81 bits per heavy atom. The molecule has 0 radical (unpaired) electrons. The van der Waals surface area contributed by atoms with Gasteiger partial charge in [0, 0.05) is 31.4 Å². The van der Waals surface area contributed by atoms with Gasteiger partial charge in [-0.1, -0.05) is 0 Å². The molecule has 1 N–H and O–H groups in total. The van der Waals surface area contributed by atoms with Crippen LogP contribution in [0.5, 0.6) is 0 Å². The molecule has 114 valence electrons. The number of anilines is 1. The van der Waals surface area contributed by atoms with Gasteiger partial charge in [0.25, 0.3) is 0 Å². The average Bonchev–Trinajstić information content (AvgIpc) is 2.98. The van der Waals surface area contributed by atoms with Crippen LogP contribution in [0, 0.1) is 0 Å². The fourth-order valence-electron chi connectivity index (χ4n) is 2.41. The molecule has 1 fully saturated rings. The number of hydrogen-bond acceptors (Lipinski definition) is 3. The molecule has 1 aliphatic rings. The molecule has 1 saturated heterocycles. The molecule has 1 aromatic rings. The quantitative estimate of drug-likeness (QED) is 0.847. The number of Topliss-reactive ketones (excluding diaryl/α,β-unsaturated/α-hetero) is 1. The molecule has 0 aromatic heterocycles. The standard InChI is InChI=1S/C16H23N3O2/c1-13(20)14-5-7-15(8-6-14)17-16(21)18(2)11-12-19-9-3-4-10-19/h5-8H,3-4,9-12H2,1-2H3,(H,17,21). The predicted molar refractivity (Wildman–Crippen MR) is 83.8 cm³/mol. The first-order chi connectivity index (χ1) is 10.1. The van der Waals surface area contributed by atoms with E-state index in [1.54, 1.807) is 36.2 Å². The zero-order valence-corrected chi connectivity index (χ0v) is 12.8. The van der Waals surface area contributed by atoms with Crippen LogP contribution in [0.3, 0.4) is 0 Å². The van der Waals surface area contributed by atoms with Gasteiger partial charge in [0.05, 0.1) is 0 Å². The highest BCUT2D eigenvalue weighted by Gasteiger charge is 2.14. The van der Waals surface area contributed by atoms with Gasteiger partial charge in [-0.25, -0.2) is 4.79 Å². The second kappa shape index (κ2) is 7.22. The molecule has 21 heavy (non-hydrogen) atoms. The summed E-state index contributed by atoms with van der Waals surface area (Å²) < 4.78 is 0. The second-order valence-electron chi connectivity index (χ2n) is 5.53. The van der Waals surface area contributed by atoms with Gasteiger partial charge < -0.3 is 15.1 Å². The summed E-state index contributed by atoms with van der Waals surface area (Å²) in [4.78, 5) is 27.3. The Hall–Kier alpha value is -1.88. The Morgan fingerprint density at radius 3 is 2.38 bits per heavy atom. The third kappa shape index (κ3) is 4.56. The van der Waals surface area contributed by atoms with Crippen LogP contribution in [-0.2, 0) is 0 Å². The minimum Gasteiger partial charge on any atom is -0.326 e. The molecule has 5 nitrogen and oxygen atoms in total. The number of amides is 2. The number of likely N-dealkylation sites (N-methyl/N-ethyl adjacent to an activating group) is 1. The van der Waals surface area contributed by atoms with Gasteiger partial charge in [0.2, 0.25) is 0 Å². The van der Waals surface area contributed by atoms with E-state index in [-0.39, 0.29) is 11.8 Å². The van der Waals surface area contributed by atoms with Crippen molar-refractivity contribution in [2.75, 3.05) is 38.5 Å². The summed E-state index contributed by atoms with van der Waals surface area (Å²) in [5.41, 5.74) is 1.36. The number of rotatable bonds is 5. The third-order valence-corrected chi connectivity index (χ3v) is 3.84. The molecule has 0 atom stereocenters. The monoisotopic (exact) mass is 289 g/mol. The number of ketones is 1. The van der Waals surface area contributed by atoms with Crippen LogP contribution in [0.4, 0.5) is 10.5 Å². The molecule has 1 aliphatic heterocycles. The van der Waals surface area contributed by atoms with E-state index in [2.05, 4.69) is 10.2 Å². The number of benzene rings is 1. The number of urea groups is 1. The highest BCUT2D eigenvalue weighted by molar-refractivity contribution is 5.95. The summed E-state index contributed by atoms with van der Waals surface area (Å²) in [6, 6.07) is 6.83. The smallest absolute Gasteiger partial charge is 0.321 e. The van der Waals surface area contributed by atoms with E-state index in [9.17, 15) is 9.59 Å². The minimum absolute atomic E-state index is 0.0237. The van der Waals surface area contributed by atoms with Crippen LogP contribution >= 0.6 is 0 Å². The van der Waals surface area contributed by atoms with Crippen molar-refractivity contribution in [3.8, 4) is 0 Å². The van der Waals surface area contributed by atoms with Crippen molar-refractivity contribution in [2.45, 2.75) is 19.8 Å². The van der Waals surface area contributed by atoms with Gasteiger partial charge in [-0.3, -0.25) is 4.79 Å². The minimum atomic E-state index is -0.121. The lowest BCUT2D eigenvalue weighted by molar-refractivity contribution is 0.101. The molecular formula is C16H23N3O2. The van der Waals surface area contributed by atoms with Gasteiger partial charge in [0.1, 0.15) is 0 Å². The fourth-order valence-corrected chi connectivity index (χ4v) is 2.41. The van der Waals surface area contributed by atoms with Gasteiger partial charge in [-0.2, -0.15) is 0 Å². The number of carbonyl (C=O) groups is 2. The maximum absolute atomic E-state index is 12.1. The Labute approximate surface area is 125 Å². The lowest BCUT2D eigenvalue weighted by Crippen LogP contribution is -2.37. The highest BCUT2D eigenvalue weighted by Crippen LogP contribution is 2.11. The van der Waals surface area contributed by atoms with Gasteiger partial charge in [0.15, 0.2) is 5.78 Å². The number of nitrogens with zero attached hydrogens (tertiary/aromatic N) is 2. The summed E-state index contributed by atoms with van der Waals surface area (Å²) in [6.07, 6.45) is 2.52. The van der Waals surface area contributed by atoms with Crippen molar-refractivity contribution in [1.82, 2.24) is 9.80 Å². The third-order valence-electron chi connectivity index (χ3n) is 3.84. The van der Waals surface area contributed by atoms with E-state index in [0.717, 1.165) is 26.2 Å². The van der Waals surface area contributed by atoms with Crippen molar-refractivity contribution >= 4 is 17.5 Å². The van der Waals surface area contributed by atoms with Gasteiger partial charge in [-0.05, 0) is 57.1 Å². The molecule has 0 saturated carbocycles. The SMILES string of the molecule is CC(=O)c1ccc(NC(=O)N(C)CCN2CCCC2)cc1. The molecule has 0 bridgehead atoms. The van der Waals surface area contributed by atoms with E-state index in [1.165, 1.54) is 19.8 Å². The van der Waals surface area contributed by atoms with Gasteiger partial charge >= 0.3 is 6.03 Å². The largest absolute Gasteiger partial charge is 0.326 e. The summed E-state index contributed by atoms with van der Waals surface area (Å²) >= 11 is 0. The average molecular weight is 289 g/mol. The maximum Gasteiger partial charge on any atom is 0.321 e. The Bertz CT molecular complexity index is 493. The van der Waals surface area contributed by atoms with Crippen molar-refractivity contribution in [2.24, 2.45) is 0 Å². The molecule has 0 aliphatic carbocycles. The molecule has 5 heteroatoms. The van der Waals surface area contributed by atoms with E-state index in [4.69, 9.17) is 0 Å². The van der Waals surface area contributed by atoms with Crippen LogP contribution in [0.2, 0.25) is 0 Å². The summed E-state index contributed by atoms with van der Waals surface area (Å²) in [5, 5.41) is 2.84. The first-order valence-electron chi connectivity index (χ1n) is 7.42. The molecule has 2 rings (SSSR count).